The van der Waals surface area contributed by atoms with Crippen molar-refractivity contribution in [2.75, 3.05) is 29.9 Å². The van der Waals surface area contributed by atoms with Gasteiger partial charge >= 0.3 is 0 Å². The zero-order chi connectivity index (χ0) is 25.0. The predicted molar refractivity (Wildman–Crippen MR) is 142 cm³/mol. The highest BCUT2D eigenvalue weighted by atomic mass is 127. The van der Waals surface area contributed by atoms with Crippen molar-refractivity contribution in [3.63, 3.8) is 0 Å². The first kappa shape index (κ1) is 26.4. The van der Waals surface area contributed by atoms with Gasteiger partial charge in [-0.25, -0.2) is 16.8 Å². The maximum Gasteiger partial charge on any atom is 0.255 e. The highest BCUT2D eigenvalue weighted by molar-refractivity contribution is 14.1. The second-order valence-corrected chi connectivity index (χ2v) is 12.3. The molecule has 0 saturated heterocycles. The summed E-state index contributed by atoms with van der Waals surface area (Å²) in [7, 11) is -4.52. The van der Waals surface area contributed by atoms with E-state index in [1.54, 1.807) is 6.07 Å². The first-order valence-corrected chi connectivity index (χ1v) is 14.8. The molecule has 0 fully saturated rings. The van der Waals surface area contributed by atoms with Crippen molar-refractivity contribution < 1.29 is 26.0 Å². The number of pyridine rings is 1. The topological polar surface area (TPSA) is 127 Å². The van der Waals surface area contributed by atoms with E-state index in [2.05, 4.69) is 10.3 Å². The van der Waals surface area contributed by atoms with Gasteiger partial charge in [0.2, 0.25) is 16.6 Å². The summed E-state index contributed by atoms with van der Waals surface area (Å²) in [6.07, 6.45) is 2.67. The molecule has 12 heteroatoms. The molecular weight excluding hydrogens is 593 g/mol. The van der Waals surface area contributed by atoms with Crippen molar-refractivity contribution in [2.45, 2.75) is 26.2 Å². The number of carbonyl (C=O) groups is 1. The minimum atomic E-state index is -3.05. The third kappa shape index (κ3) is 6.27. The molecule has 0 radical (unpaired) electrons. The Balaban J connectivity index is 1.99. The van der Waals surface area contributed by atoms with Gasteiger partial charge in [-0.2, -0.15) is 4.98 Å². The number of halogens is 1. The number of fused-ring (bicyclic) bond motifs is 1. The van der Waals surface area contributed by atoms with E-state index in [-0.39, 0.29) is 29.7 Å². The number of furan rings is 1. The van der Waals surface area contributed by atoms with Gasteiger partial charge in [-0.1, -0.05) is 36.2 Å². The van der Waals surface area contributed by atoms with E-state index >= 15 is 0 Å². The van der Waals surface area contributed by atoms with Gasteiger partial charge in [0.25, 0.3) is 5.91 Å². The van der Waals surface area contributed by atoms with Crippen LogP contribution in [0.5, 0.6) is 0 Å². The molecule has 3 aromatic rings. The third-order valence-corrected chi connectivity index (χ3v) is 7.82. The molecule has 0 unspecified atom stereocenters. The molecular formula is C22H26IN3O6S2. The number of aromatic nitrogens is 1. The molecule has 3 rings (SSSR count). The number of aryl methyl sites for hydroxylation is 1. The van der Waals surface area contributed by atoms with Crippen molar-refractivity contribution in [1.82, 2.24) is 10.3 Å². The summed E-state index contributed by atoms with van der Waals surface area (Å²) >= 11 is 1.99. The van der Waals surface area contributed by atoms with Crippen LogP contribution in [0.1, 0.15) is 35.2 Å². The first-order valence-electron chi connectivity index (χ1n) is 10.5. The Kier molecular flexibility index (Phi) is 8.57. The minimum Gasteiger partial charge on any atom is -0.437 e. The molecule has 0 aliphatic rings. The molecule has 184 valence electrons. The number of benzene rings is 1. The first-order chi connectivity index (χ1) is 16.0. The number of thiol groups is 1. The maximum atomic E-state index is 12.7. The Morgan fingerprint density at radius 3 is 2.44 bits per heavy atom. The number of hydrogen-bond donors (Lipinski definition) is 2. The maximum absolute atomic E-state index is 12.7. The van der Waals surface area contributed by atoms with E-state index in [1.165, 1.54) is 13.3 Å². The number of rotatable bonds is 10. The third-order valence-electron chi connectivity index (χ3n) is 5.21. The molecule has 1 N–H and O–H groups in total. The lowest BCUT2D eigenvalue weighted by molar-refractivity contribution is 0.0964. The van der Waals surface area contributed by atoms with Gasteiger partial charge < -0.3 is 9.73 Å². The zero-order valence-corrected chi connectivity index (χ0v) is 22.9. The van der Waals surface area contributed by atoms with Crippen molar-refractivity contribution in [3.05, 3.63) is 45.0 Å². The quantitative estimate of drug-likeness (QED) is 0.203. The lowest BCUT2D eigenvalue weighted by Crippen LogP contribution is -2.24. The van der Waals surface area contributed by atoms with Gasteiger partial charge in [-0.3, -0.25) is 9.10 Å². The molecule has 2 aromatic heterocycles. The molecule has 1 aromatic carbocycles. The molecule has 34 heavy (non-hydrogen) atoms. The Morgan fingerprint density at radius 2 is 1.85 bits per heavy atom. The molecule has 0 atom stereocenters. The molecule has 2 heterocycles. The van der Waals surface area contributed by atoms with Crippen LogP contribution in [0.3, 0.4) is 0 Å². The van der Waals surface area contributed by atoms with E-state index in [0.717, 1.165) is 9.87 Å². The van der Waals surface area contributed by atoms with E-state index in [9.17, 15) is 21.6 Å². The number of hydrogen-bond acceptors (Lipinski definition) is 7. The molecule has 1 amide bonds. The lowest BCUT2D eigenvalue weighted by atomic mass is 10.0. The fraction of sp³-hybridized carbons (Fsp3) is 0.364. The van der Waals surface area contributed by atoms with Crippen LogP contribution in [0.4, 0.5) is 5.82 Å². The second-order valence-electron chi connectivity index (χ2n) is 7.95. The summed E-state index contributed by atoms with van der Waals surface area (Å²) in [4.78, 5) is 17.2. The van der Waals surface area contributed by atoms with Crippen LogP contribution in [0.25, 0.3) is 22.4 Å². The van der Waals surface area contributed by atoms with Crippen LogP contribution in [-0.4, -0.2) is 53.3 Å². The molecule has 0 bridgehead atoms. The Hall–Kier alpha value is -2.19. The van der Waals surface area contributed by atoms with Gasteiger partial charge in [0, 0.05) is 31.2 Å². The van der Waals surface area contributed by atoms with Crippen molar-refractivity contribution >= 4 is 66.1 Å². The number of nitrogens with one attached hydrogen (secondary N) is 1. The van der Waals surface area contributed by atoms with Crippen LogP contribution in [0, 0.1) is 10.5 Å². The minimum absolute atomic E-state index is 0.0642. The molecule has 0 aliphatic carbocycles. The summed E-state index contributed by atoms with van der Waals surface area (Å²) < 4.78 is 54.3. The Bertz CT molecular complexity index is 1370. The lowest BCUT2D eigenvalue weighted by Gasteiger charge is -2.17. The standard InChI is InChI=1S/C22H26IN3O6S2/c1-14-7-9-15(10-8-14)19-18(21(27)24-2)16-13-17(23)20(25-22(16)32-19)26(33(28)29)11-5-4-6-12-34(3,30)31/h7-10,13,33H,4-6,11-12H2,1-3H3,(H,24,27). The van der Waals surface area contributed by atoms with E-state index < -0.39 is 20.7 Å². The van der Waals surface area contributed by atoms with Gasteiger partial charge in [0.05, 0.1) is 14.5 Å². The predicted octanol–water partition coefficient (Wildman–Crippen LogP) is 3.32. The highest BCUT2D eigenvalue weighted by Crippen LogP contribution is 2.36. The number of nitrogens with zero attached hydrogens (tertiary/aromatic N) is 2. The van der Waals surface area contributed by atoms with Gasteiger partial charge in [0.15, 0.2) is 5.82 Å². The van der Waals surface area contributed by atoms with Crippen molar-refractivity contribution in [3.8, 4) is 11.3 Å². The summed E-state index contributed by atoms with van der Waals surface area (Å²) in [6.45, 7) is 2.11. The fourth-order valence-corrected chi connectivity index (χ4v) is 5.75. The number of unbranched alkanes of at least 4 members (excludes halogenated alkanes) is 2. The van der Waals surface area contributed by atoms with Crippen LogP contribution in [-0.2, 0) is 20.7 Å². The second kappa shape index (κ2) is 11.0. The smallest absolute Gasteiger partial charge is 0.255 e. The number of anilines is 1. The van der Waals surface area contributed by atoms with E-state index in [4.69, 9.17) is 4.42 Å². The summed E-state index contributed by atoms with van der Waals surface area (Å²) in [5, 5.41) is 3.11. The molecule has 0 spiro atoms. The monoisotopic (exact) mass is 619 g/mol. The zero-order valence-electron chi connectivity index (χ0n) is 19.0. The summed E-state index contributed by atoms with van der Waals surface area (Å²) in [5.41, 5.74) is 2.25. The number of carbonyl (C=O) groups excluding carboxylic acids is 1. The van der Waals surface area contributed by atoms with Crippen LogP contribution in [0.15, 0.2) is 34.7 Å². The van der Waals surface area contributed by atoms with Gasteiger partial charge in [0.1, 0.15) is 15.6 Å². The molecule has 9 nitrogen and oxygen atoms in total. The Labute approximate surface area is 214 Å². The van der Waals surface area contributed by atoms with Crippen LogP contribution < -0.4 is 9.62 Å². The van der Waals surface area contributed by atoms with Crippen LogP contribution in [0.2, 0.25) is 0 Å². The molecule has 0 saturated carbocycles. The molecule has 0 aliphatic heterocycles. The normalized spacial score (nSPS) is 11.8. The average Bonchev–Trinajstić information content (AvgIpc) is 3.13. The Morgan fingerprint density at radius 1 is 1.18 bits per heavy atom. The fourth-order valence-electron chi connectivity index (χ4n) is 3.50. The van der Waals surface area contributed by atoms with Crippen molar-refractivity contribution in [1.29, 1.82) is 0 Å². The van der Waals surface area contributed by atoms with Crippen molar-refractivity contribution in [2.24, 2.45) is 0 Å². The van der Waals surface area contributed by atoms with Crippen LogP contribution >= 0.6 is 22.6 Å². The van der Waals surface area contributed by atoms with Gasteiger partial charge in [-0.15, -0.1) is 0 Å². The van der Waals surface area contributed by atoms with E-state index in [1.807, 2.05) is 53.8 Å². The summed E-state index contributed by atoms with van der Waals surface area (Å²) in [6, 6.07) is 9.21. The number of amides is 1. The largest absolute Gasteiger partial charge is 0.437 e. The SMILES string of the molecule is CNC(=O)c1c(-c2ccc(C)cc2)oc2nc(N(CCCCCS(C)(=O)=O)[SH](=O)=O)c(I)cc12. The average molecular weight is 620 g/mol. The van der Waals surface area contributed by atoms with E-state index in [0.29, 0.717) is 45.1 Å². The number of sulfone groups is 1. The van der Waals surface area contributed by atoms with Gasteiger partial charge in [-0.05, 0) is 48.4 Å². The highest BCUT2D eigenvalue weighted by Gasteiger charge is 2.25. The summed E-state index contributed by atoms with van der Waals surface area (Å²) in [5.74, 6) is 0.292.